The van der Waals surface area contributed by atoms with Crippen LogP contribution in [-0.4, -0.2) is 9.55 Å². The molecule has 0 aliphatic heterocycles. The van der Waals surface area contributed by atoms with Gasteiger partial charge in [-0.15, -0.1) is 0 Å². The zero-order valence-corrected chi connectivity index (χ0v) is 13.7. The van der Waals surface area contributed by atoms with E-state index in [-0.39, 0.29) is 11.8 Å². The number of fused-ring (bicyclic) bond motifs is 1. The zero-order valence-electron chi connectivity index (χ0n) is 13.7. The maximum absolute atomic E-state index is 12.3. The largest absolute Gasteiger partial charge is 0.405 e. The molecule has 2 aromatic rings. The molecule has 0 amide bonds. The molecule has 6 heteroatoms. The van der Waals surface area contributed by atoms with Crippen LogP contribution in [0.2, 0.25) is 0 Å². The molecule has 128 valence electrons. The van der Waals surface area contributed by atoms with Crippen molar-refractivity contribution in [2.75, 3.05) is 0 Å². The summed E-state index contributed by atoms with van der Waals surface area (Å²) < 4.78 is 6.76. The summed E-state index contributed by atoms with van der Waals surface area (Å²) in [5.74, 6) is 0.884. The molecule has 1 N–H and O–H groups in total. The number of nitrogens with zero attached hydrogens (tertiary/aromatic N) is 1. The topological polar surface area (TPSA) is 85.1 Å². The number of H-pyrrole nitrogens is 1. The van der Waals surface area contributed by atoms with Crippen molar-refractivity contribution in [3.8, 4) is 0 Å². The van der Waals surface area contributed by atoms with Crippen LogP contribution >= 0.6 is 0 Å². The Morgan fingerprint density at radius 3 is 2.58 bits per heavy atom. The minimum absolute atomic E-state index is 0.0186. The molecule has 0 aromatic carbocycles. The van der Waals surface area contributed by atoms with E-state index in [0.717, 1.165) is 38.0 Å². The van der Waals surface area contributed by atoms with Gasteiger partial charge in [-0.2, -0.15) is 0 Å². The third kappa shape index (κ3) is 2.85. The highest BCUT2D eigenvalue weighted by Gasteiger charge is 2.26. The number of hydrogen-bond acceptors (Lipinski definition) is 4. The molecule has 2 aromatic heterocycles. The average molecular weight is 330 g/mol. The standard InChI is InChI=1S/C18H22N2O4/c21-14-10-12(5-2-1-4-11-8-9-11)15-16(22)19-18(23)20(17(15)24-14)13-6-3-7-13/h10-11,13H,1-9H2,(H,19,22,23). The second-order valence-electron chi connectivity index (χ2n) is 7.17. The molecule has 4 rings (SSSR count). The Kier molecular flexibility index (Phi) is 3.90. The molecule has 0 saturated heterocycles. The van der Waals surface area contributed by atoms with Gasteiger partial charge in [0.25, 0.3) is 5.56 Å². The smallest absolute Gasteiger partial charge is 0.337 e. The Hall–Kier alpha value is -2.11. The van der Waals surface area contributed by atoms with Crippen molar-refractivity contribution in [1.82, 2.24) is 9.55 Å². The third-order valence-corrected chi connectivity index (χ3v) is 5.35. The minimum Gasteiger partial charge on any atom is -0.405 e. The van der Waals surface area contributed by atoms with Crippen molar-refractivity contribution in [1.29, 1.82) is 0 Å². The Morgan fingerprint density at radius 2 is 1.92 bits per heavy atom. The van der Waals surface area contributed by atoms with Gasteiger partial charge in [0.1, 0.15) is 5.39 Å². The van der Waals surface area contributed by atoms with Gasteiger partial charge in [0.05, 0.1) is 0 Å². The average Bonchev–Trinajstić information content (AvgIpc) is 3.29. The van der Waals surface area contributed by atoms with Gasteiger partial charge in [-0.1, -0.05) is 25.7 Å². The van der Waals surface area contributed by atoms with Crippen molar-refractivity contribution in [2.45, 2.75) is 63.8 Å². The lowest BCUT2D eigenvalue weighted by atomic mass is 9.92. The van der Waals surface area contributed by atoms with Crippen molar-refractivity contribution < 1.29 is 4.42 Å². The normalized spacial score (nSPS) is 18.0. The number of nitrogens with one attached hydrogen (secondary N) is 1. The van der Waals surface area contributed by atoms with Gasteiger partial charge < -0.3 is 4.42 Å². The molecule has 6 nitrogen and oxygen atoms in total. The summed E-state index contributed by atoms with van der Waals surface area (Å²) in [5, 5.41) is 0.368. The Morgan fingerprint density at radius 1 is 1.12 bits per heavy atom. The van der Waals surface area contributed by atoms with Crippen molar-refractivity contribution in [3.63, 3.8) is 0 Å². The van der Waals surface area contributed by atoms with Crippen molar-refractivity contribution >= 4 is 11.1 Å². The van der Waals surface area contributed by atoms with E-state index in [1.54, 1.807) is 0 Å². The highest BCUT2D eigenvalue weighted by atomic mass is 16.4. The van der Waals surface area contributed by atoms with Gasteiger partial charge in [0.15, 0.2) is 0 Å². The van der Waals surface area contributed by atoms with Gasteiger partial charge in [-0.3, -0.25) is 14.3 Å². The van der Waals surface area contributed by atoms with Crippen molar-refractivity contribution in [3.05, 3.63) is 42.9 Å². The van der Waals surface area contributed by atoms with Gasteiger partial charge in [-0.05, 0) is 43.6 Å². The molecule has 2 saturated carbocycles. The molecule has 0 atom stereocenters. The van der Waals surface area contributed by atoms with Crippen LogP contribution < -0.4 is 16.9 Å². The van der Waals surface area contributed by atoms with Gasteiger partial charge in [0, 0.05) is 12.1 Å². The van der Waals surface area contributed by atoms with Crippen LogP contribution in [0.3, 0.4) is 0 Å². The first kappa shape index (κ1) is 15.4. The quantitative estimate of drug-likeness (QED) is 0.825. The molecule has 0 spiro atoms. The van der Waals surface area contributed by atoms with Crippen LogP contribution in [0.15, 0.2) is 24.9 Å². The van der Waals surface area contributed by atoms with Crippen LogP contribution in [0.1, 0.15) is 63.0 Å². The highest BCUT2D eigenvalue weighted by molar-refractivity contribution is 5.76. The summed E-state index contributed by atoms with van der Waals surface area (Å²) in [5.41, 5.74) is -0.569. The van der Waals surface area contributed by atoms with Gasteiger partial charge >= 0.3 is 11.3 Å². The SMILES string of the molecule is O=c1cc(CCCCC2CC2)c2c(=O)[nH]c(=O)n(C3CCC3)c2o1. The van der Waals surface area contributed by atoms with Gasteiger partial charge in [-0.25, -0.2) is 9.59 Å². The monoisotopic (exact) mass is 330 g/mol. The molecule has 2 heterocycles. The number of hydrogen-bond donors (Lipinski definition) is 1. The summed E-state index contributed by atoms with van der Waals surface area (Å²) in [6.07, 6.45) is 9.40. The van der Waals surface area contributed by atoms with Gasteiger partial charge in [0.2, 0.25) is 5.71 Å². The molecule has 0 unspecified atom stereocenters. The highest BCUT2D eigenvalue weighted by Crippen LogP contribution is 2.34. The first-order valence-corrected chi connectivity index (χ1v) is 8.95. The summed E-state index contributed by atoms with van der Waals surface area (Å²) in [6, 6.07) is 1.43. The van der Waals surface area contributed by atoms with E-state index in [9.17, 15) is 14.4 Å². The lowest BCUT2D eigenvalue weighted by Crippen LogP contribution is -2.36. The number of aromatic amines is 1. The fourth-order valence-electron chi connectivity index (χ4n) is 3.58. The van der Waals surface area contributed by atoms with Crippen molar-refractivity contribution in [2.24, 2.45) is 5.92 Å². The van der Waals surface area contributed by atoms with Crippen LogP contribution in [0.25, 0.3) is 11.1 Å². The summed E-state index contributed by atoms with van der Waals surface area (Å²) in [4.78, 5) is 38.9. The van der Waals surface area contributed by atoms with Crippen LogP contribution in [0.5, 0.6) is 0 Å². The van der Waals surface area contributed by atoms with E-state index in [1.165, 1.54) is 29.9 Å². The third-order valence-electron chi connectivity index (χ3n) is 5.35. The first-order valence-electron chi connectivity index (χ1n) is 8.95. The van der Waals surface area contributed by atoms with Crippen LogP contribution in [0, 0.1) is 5.92 Å². The van der Waals surface area contributed by atoms with Crippen LogP contribution in [-0.2, 0) is 6.42 Å². The molecule has 2 aliphatic carbocycles. The lowest BCUT2D eigenvalue weighted by molar-refractivity contribution is 0.298. The molecular weight excluding hydrogens is 308 g/mol. The molecule has 24 heavy (non-hydrogen) atoms. The summed E-state index contributed by atoms with van der Waals surface area (Å²) in [7, 11) is 0. The van der Waals surface area contributed by atoms with E-state index in [4.69, 9.17) is 4.42 Å². The molecule has 2 aliphatic rings. The Labute approximate surface area is 138 Å². The second-order valence-corrected chi connectivity index (χ2v) is 7.17. The summed E-state index contributed by atoms with van der Waals surface area (Å²) >= 11 is 0. The summed E-state index contributed by atoms with van der Waals surface area (Å²) in [6.45, 7) is 0. The number of unbranched alkanes of at least 4 members (excludes halogenated alkanes) is 1. The number of aromatic nitrogens is 2. The Bertz CT molecular complexity index is 929. The Balaban J connectivity index is 1.74. The minimum atomic E-state index is -0.488. The molecular formula is C18H22N2O4. The fourth-order valence-corrected chi connectivity index (χ4v) is 3.58. The van der Waals surface area contributed by atoms with E-state index in [1.807, 2.05) is 0 Å². The maximum atomic E-state index is 12.3. The fraction of sp³-hybridized carbons (Fsp3) is 0.611. The van der Waals surface area contributed by atoms with E-state index in [2.05, 4.69) is 4.98 Å². The van der Waals surface area contributed by atoms with E-state index >= 15 is 0 Å². The predicted octanol–water partition coefficient (Wildman–Crippen LogP) is 2.49. The first-order chi connectivity index (χ1) is 11.6. The van der Waals surface area contributed by atoms with Crippen LogP contribution in [0.4, 0.5) is 0 Å². The molecule has 0 radical (unpaired) electrons. The maximum Gasteiger partial charge on any atom is 0.337 e. The number of aryl methyl sites for hydroxylation is 1. The molecule has 2 fully saturated rings. The molecule has 0 bridgehead atoms. The lowest BCUT2D eigenvalue weighted by Gasteiger charge is -2.27. The second kappa shape index (κ2) is 6.07. The van der Waals surface area contributed by atoms with E-state index in [0.29, 0.717) is 17.4 Å². The van der Waals surface area contributed by atoms with E-state index < -0.39 is 16.9 Å². The predicted molar refractivity (Wildman–Crippen MR) is 90.5 cm³/mol. The number of rotatable bonds is 6. The zero-order chi connectivity index (χ0) is 16.7.